The number of phenols is 1. The molecule has 8 nitrogen and oxygen atoms in total. The topological polar surface area (TPSA) is 108 Å². The van der Waals surface area contributed by atoms with Crippen molar-refractivity contribution in [2.24, 2.45) is 0 Å². The summed E-state index contributed by atoms with van der Waals surface area (Å²) >= 11 is 0. The number of alkyl carbamates (subject to hydrolysis) is 1. The molecule has 0 fully saturated rings. The van der Waals surface area contributed by atoms with Crippen molar-refractivity contribution in [3.8, 4) is 5.75 Å². The number of amides is 3. The van der Waals surface area contributed by atoms with Crippen molar-refractivity contribution in [2.75, 3.05) is 0 Å². The zero-order valence-electron chi connectivity index (χ0n) is 22.2. The van der Waals surface area contributed by atoms with E-state index in [2.05, 4.69) is 10.6 Å². The Morgan fingerprint density at radius 1 is 1.09 bits per heavy atom. The minimum atomic E-state index is -0.927. The molecule has 1 aromatic carbocycles. The molecular weight excluding hydrogens is 434 g/mol. The van der Waals surface area contributed by atoms with E-state index in [0.717, 1.165) is 12.8 Å². The number of aromatic hydroxyl groups is 1. The van der Waals surface area contributed by atoms with Gasteiger partial charge in [0.2, 0.25) is 11.8 Å². The van der Waals surface area contributed by atoms with Gasteiger partial charge in [-0.3, -0.25) is 9.59 Å². The third kappa shape index (κ3) is 8.54. The van der Waals surface area contributed by atoms with Crippen LogP contribution in [-0.4, -0.2) is 51.6 Å². The van der Waals surface area contributed by atoms with E-state index in [-0.39, 0.29) is 23.7 Å². The molecule has 0 aliphatic rings. The molecule has 1 aromatic rings. The highest BCUT2D eigenvalue weighted by molar-refractivity contribution is 5.92. The van der Waals surface area contributed by atoms with E-state index in [9.17, 15) is 19.5 Å². The predicted octanol–water partition coefficient (Wildman–Crippen LogP) is 4.59. The Bertz CT molecular complexity index is 849. The molecule has 192 valence electrons. The first-order chi connectivity index (χ1) is 15.7. The fourth-order valence-electron chi connectivity index (χ4n) is 3.68. The summed E-state index contributed by atoms with van der Waals surface area (Å²) in [5.74, 6) is -0.581. The maximum Gasteiger partial charge on any atom is 0.408 e. The number of phenolic OH excluding ortho intramolecular Hbond substituents is 1. The van der Waals surface area contributed by atoms with Crippen LogP contribution in [0.4, 0.5) is 4.79 Å². The second-order valence-corrected chi connectivity index (χ2v) is 10.0. The van der Waals surface area contributed by atoms with E-state index in [1.165, 1.54) is 11.0 Å². The van der Waals surface area contributed by atoms with Crippen LogP contribution in [0, 0.1) is 6.92 Å². The highest BCUT2D eigenvalue weighted by atomic mass is 16.6. The first-order valence-corrected chi connectivity index (χ1v) is 12.1. The Balaban J connectivity index is 3.41. The fraction of sp³-hybridized carbons (Fsp3) is 0.654. The molecule has 0 saturated heterocycles. The second-order valence-electron chi connectivity index (χ2n) is 10.0. The SMILES string of the molecule is CCCC(C)NC(=O)C(c1ccc(O)c(C)c1)N(C(=O)C(C)NC(=O)OC(C)(C)C)C(C)CC. The van der Waals surface area contributed by atoms with Crippen LogP contribution in [0.25, 0.3) is 0 Å². The molecule has 3 amide bonds. The van der Waals surface area contributed by atoms with Crippen molar-refractivity contribution in [1.29, 1.82) is 0 Å². The van der Waals surface area contributed by atoms with Gasteiger partial charge in [-0.1, -0.05) is 26.3 Å². The summed E-state index contributed by atoms with van der Waals surface area (Å²) in [6, 6.07) is 2.72. The van der Waals surface area contributed by atoms with Gasteiger partial charge in [0.05, 0.1) is 0 Å². The number of benzene rings is 1. The van der Waals surface area contributed by atoms with Crippen LogP contribution < -0.4 is 10.6 Å². The second kappa shape index (κ2) is 12.6. The first kappa shape index (κ1) is 29.3. The summed E-state index contributed by atoms with van der Waals surface area (Å²) < 4.78 is 5.30. The van der Waals surface area contributed by atoms with Crippen LogP contribution in [0.1, 0.15) is 91.8 Å². The van der Waals surface area contributed by atoms with Crippen molar-refractivity contribution in [3.05, 3.63) is 29.3 Å². The lowest BCUT2D eigenvalue weighted by molar-refractivity contribution is -0.145. The largest absolute Gasteiger partial charge is 0.508 e. The number of rotatable bonds is 10. The number of hydrogen-bond acceptors (Lipinski definition) is 5. The lowest BCUT2D eigenvalue weighted by atomic mass is 9.98. The molecule has 0 heterocycles. The number of nitrogens with zero attached hydrogens (tertiary/aromatic N) is 1. The van der Waals surface area contributed by atoms with Crippen LogP contribution in [-0.2, 0) is 14.3 Å². The standard InChI is InChI=1S/C26H43N3O5/c1-10-12-17(4)27-23(31)22(20-13-14-21(30)16(3)15-20)29(18(5)11-2)24(32)19(6)28-25(33)34-26(7,8)9/h13-15,17-19,22,30H,10-12H2,1-9H3,(H,27,31)(H,28,33). The number of ether oxygens (including phenoxy) is 1. The zero-order chi connectivity index (χ0) is 26.2. The maximum absolute atomic E-state index is 13.7. The maximum atomic E-state index is 13.7. The van der Waals surface area contributed by atoms with Crippen molar-refractivity contribution < 1.29 is 24.2 Å². The Morgan fingerprint density at radius 2 is 1.71 bits per heavy atom. The highest BCUT2D eigenvalue weighted by Gasteiger charge is 2.37. The van der Waals surface area contributed by atoms with Gasteiger partial charge in [0.15, 0.2) is 0 Å². The number of nitrogens with one attached hydrogen (secondary N) is 2. The summed E-state index contributed by atoms with van der Waals surface area (Å²) in [5.41, 5.74) is 0.494. The monoisotopic (exact) mass is 477 g/mol. The quantitative estimate of drug-likeness (QED) is 0.457. The average Bonchev–Trinajstić information content (AvgIpc) is 2.71. The van der Waals surface area contributed by atoms with Gasteiger partial charge in [0, 0.05) is 12.1 Å². The van der Waals surface area contributed by atoms with Crippen molar-refractivity contribution in [1.82, 2.24) is 15.5 Å². The summed E-state index contributed by atoms with van der Waals surface area (Å²) in [7, 11) is 0. The molecule has 4 atom stereocenters. The molecule has 0 saturated carbocycles. The van der Waals surface area contributed by atoms with Gasteiger partial charge in [0.25, 0.3) is 0 Å². The lowest BCUT2D eigenvalue weighted by Crippen LogP contribution is -2.55. The predicted molar refractivity (Wildman–Crippen MR) is 134 cm³/mol. The van der Waals surface area contributed by atoms with Crippen LogP contribution in [0.15, 0.2) is 18.2 Å². The molecule has 0 bridgehead atoms. The van der Waals surface area contributed by atoms with E-state index in [4.69, 9.17) is 4.74 Å². The number of aryl methyl sites for hydroxylation is 1. The van der Waals surface area contributed by atoms with Gasteiger partial charge in [-0.05, 0) is 84.6 Å². The first-order valence-electron chi connectivity index (χ1n) is 12.1. The molecular formula is C26H43N3O5. The highest BCUT2D eigenvalue weighted by Crippen LogP contribution is 2.29. The Morgan fingerprint density at radius 3 is 2.21 bits per heavy atom. The Kier molecular flexibility index (Phi) is 10.9. The van der Waals surface area contributed by atoms with Gasteiger partial charge in [-0.25, -0.2) is 4.79 Å². The molecule has 3 N–H and O–H groups in total. The molecule has 0 aliphatic carbocycles. The van der Waals surface area contributed by atoms with Gasteiger partial charge in [-0.2, -0.15) is 0 Å². The van der Waals surface area contributed by atoms with Crippen molar-refractivity contribution >= 4 is 17.9 Å². The lowest BCUT2D eigenvalue weighted by Gasteiger charge is -2.38. The molecule has 34 heavy (non-hydrogen) atoms. The molecule has 4 unspecified atom stereocenters. The minimum absolute atomic E-state index is 0.0654. The number of carbonyl (C=O) groups is 3. The van der Waals surface area contributed by atoms with E-state index >= 15 is 0 Å². The smallest absolute Gasteiger partial charge is 0.408 e. The van der Waals surface area contributed by atoms with Crippen LogP contribution in [0.5, 0.6) is 5.75 Å². The van der Waals surface area contributed by atoms with Crippen LogP contribution >= 0.6 is 0 Å². The summed E-state index contributed by atoms with van der Waals surface area (Å²) in [5, 5.41) is 15.6. The summed E-state index contributed by atoms with van der Waals surface area (Å²) in [6.07, 6.45) is 1.63. The molecule has 8 heteroatoms. The Hall–Kier alpha value is -2.77. The van der Waals surface area contributed by atoms with Crippen LogP contribution in [0.2, 0.25) is 0 Å². The molecule has 0 aromatic heterocycles. The van der Waals surface area contributed by atoms with E-state index in [1.54, 1.807) is 46.8 Å². The molecule has 0 radical (unpaired) electrons. The summed E-state index contributed by atoms with van der Waals surface area (Å²) in [6.45, 7) is 16.4. The third-order valence-electron chi connectivity index (χ3n) is 5.60. The molecule has 0 aliphatic heterocycles. The minimum Gasteiger partial charge on any atom is -0.508 e. The van der Waals surface area contributed by atoms with E-state index < -0.39 is 29.7 Å². The number of hydrogen-bond donors (Lipinski definition) is 3. The summed E-state index contributed by atoms with van der Waals surface area (Å²) in [4.78, 5) is 41.0. The Labute approximate surface area is 204 Å². The fourth-order valence-corrected chi connectivity index (χ4v) is 3.68. The van der Waals surface area contributed by atoms with Crippen LogP contribution in [0.3, 0.4) is 0 Å². The van der Waals surface area contributed by atoms with E-state index in [1.807, 2.05) is 27.7 Å². The average molecular weight is 478 g/mol. The van der Waals surface area contributed by atoms with Gasteiger partial charge in [0.1, 0.15) is 23.4 Å². The van der Waals surface area contributed by atoms with Gasteiger partial charge < -0.3 is 25.4 Å². The van der Waals surface area contributed by atoms with Gasteiger partial charge >= 0.3 is 6.09 Å². The van der Waals surface area contributed by atoms with Crippen molar-refractivity contribution in [2.45, 2.75) is 111 Å². The normalized spacial score (nSPS) is 15.0. The molecule has 0 spiro atoms. The number of carbonyl (C=O) groups excluding carboxylic acids is 3. The third-order valence-corrected chi connectivity index (χ3v) is 5.60. The zero-order valence-corrected chi connectivity index (χ0v) is 22.2. The molecule has 1 rings (SSSR count). The van der Waals surface area contributed by atoms with Gasteiger partial charge in [-0.15, -0.1) is 0 Å². The van der Waals surface area contributed by atoms with E-state index in [0.29, 0.717) is 17.5 Å². The van der Waals surface area contributed by atoms with Crippen molar-refractivity contribution in [3.63, 3.8) is 0 Å².